The highest BCUT2D eigenvalue weighted by Crippen LogP contribution is 2.22. The van der Waals surface area contributed by atoms with Crippen LogP contribution in [0.5, 0.6) is 0 Å². The third-order valence-corrected chi connectivity index (χ3v) is 2.30. The number of benzene rings is 1. The number of carboxylic acids is 1. The molecule has 1 rings (SSSR count). The molecule has 16 heavy (non-hydrogen) atoms. The molecule has 1 aromatic carbocycles. The maximum absolute atomic E-state index is 10.4. The molecular formula is C13H16O3. The molecular weight excluding hydrogens is 204 g/mol. The van der Waals surface area contributed by atoms with Crippen LogP contribution in [0.2, 0.25) is 0 Å². The van der Waals surface area contributed by atoms with Gasteiger partial charge in [0, 0.05) is 0 Å². The highest BCUT2D eigenvalue weighted by Gasteiger charge is 2.12. The predicted octanol–water partition coefficient (Wildman–Crippen LogP) is 2.97. The summed E-state index contributed by atoms with van der Waals surface area (Å²) >= 11 is 0. The van der Waals surface area contributed by atoms with Gasteiger partial charge in [-0.25, -0.2) is 4.79 Å². The second kappa shape index (κ2) is 4.39. The summed E-state index contributed by atoms with van der Waals surface area (Å²) in [6.07, 6.45) is 1.23. The van der Waals surface area contributed by atoms with Gasteiger partial charge in [-0.05, 0) is 22.6 Å². The Kier molecular flexibility index (Phi) is 3.38. The standard InChI is InChI=1S/C13H16O3/c1-13(2,3)10-6-4-9(5-7-10)8-11(14)12(15)16/h4-8,14H,1-3H3,(H,15,16). The van der Waals surface area contributed by atoms with E-state index in [-0.39, 0.29) is 5.41 Å². The SMILES string of the molecule is CC(C)(C)c1ccc(C=C(O)C(=O)O)cc1. The summed E-state index contributed by atoms with van der Waals surface area (Å²) in [7, 11) is 0. The van der Waals surface area contributed by atoms with Gasteiger partial charge in [-0.1, -0.05) is 45.0 Å². The number of hydrogen-bond donors (Lipinski definition) is 2. The van der Waals surface area contributed by atoms with Crippen LogP contribution in [0, 0.1) is 0 Å². The minimum absolute atomic E-state index is 0.0666. The van der Waals surface area contributed by atoms with Gasteiger partial charge in [-0.15, -0.1) is 0 Å². The maximum Gasteiger partial charge on any atom is 0.370 e. The summed E-state index contributed by atoms with van der Waals surface area (Å²) in [6.45, 7) is 6.31. The van der Waals surface area contributed by atoms with Crippen molar-refractivity contribution >= 4 is 12.0 Å². The summed E-state index contributed by atoms with van der Waals surface area (Å²) in [4.78, 5) is 10.4. The summed E-state index contributed by atoms with van der Waals surface area (Å²) in [5.74, 6) is -1.97. The molecule has 0 spiro atoms. The molecule has 2 N–H and O–H groups in total. The largest absolute Gasteiger partial charge is 0.502 e. The molecule has 0 aliphatic carbocycles. The highest BCUT2D eigenvalue weighted by atomic mass is 16.4. The molecule has 0 aliphatic rings. The monoisotopic (exact) mass is 220 g/mol. The van der Waals surface area contributed by atoms with Crippen molar-refractivity contribution in [3.8, 4) is 0 Å². The number of carboxylic acid groups (broad SMARTS) is 1. The zero-order valence-corrected chi connectivity index (χ0v) is 9.69. The topological polar surface area (TPSA) is 57.5 Å². The van der Waals surface area contributed by atoms with Crippen LogP contribution in [0.1, 0.15) is 31.9 Å². The number of rotatable bonds is 2. The average molecular weight is 220 g/mol. The smallest absolute Gasteiger partial charge is 0.370 e. The molecule has 0 saturated heterocycles. The maximum atomic E-state index is 10.4. The Bertz CT molecular complexity index is 408. The first-order chi connectivity index (χ1) is 7.30. The van der Waals surface area contributed by atoms with Crippen LogP contribution in [0.4, 0.5) is 0 Å². The molecule has 0 unspecified atom stereocenters. The minimum atomic E-state index is -1.32. The third kappa shape index (κ3) is 3.12. The fourth-order valence-electron chi connectivity index (χ4n) is 1.30. The molecule has 0 bridgehead atoms. The van der Waals surface area contributed by atoms with Gasteiger partial charge >= 0.3 is 5.97 Å². The van der Waals surface area contributed by atoms with Crippen LogP contribution in [0.15, 0.2) is 30.0 Å². The van der Waals surface area contributed by atoms with Crippen LogP contribution in [0.3, 0.4) is 0 Å². The highest BCUT2D eigenvalue weighted by molar-refractivity contribution is 5.89. The fraction of sp³-hybridized carbons (Fsp3) is 0.308. The molecule has 1 aromatic rings. The van der Waals surface area contributed by atoms with Gasteiger partial charge in [0.25, 0.3) is 0 Å². The van der Waals surface area contributed by atoms with Crippen molar-refractivity contribution in [2.45, 2.75) is 26.2 Å². The molecule has 86 valence electrons. The van der Waals surface area contributed by atoms with Crippen molar-refractivity contribution in [1.82, 2.24) is 0 Å². The van der Waals surface area contributed by atoms with Gasteiger partial charge in [-0.3, -0.25) is 0 Å². The van der Waals surface area contributed by atoms with E-state index < -0.39 is 11.7 Å². The first-order valence-corrected chi connectivity index (χ1v) is 5.05. The van der Waals surface area contributed by atoms with E-state index in [4.69, 9.17) is 10.2 Å². The molecule has 0 aromatic heterocycles. The van der Waals surface area contributed by atoms with E-state index in [1.807, 2.05) is 12.1 Å². The van der Waals surface area contributed by atoms with E-state index in [9.17, 15) is 4.79 Å². The Hall–Kier alpha value is -1.77. The van der Waals surface area contributed by atoms with Crippen LogP contribution in [-0.2, 0) is 10.2 Å². The van der Waals surface area contributed by atoms with Gasteiger partial charge in [0.2, 0.25) is 5.76 Å². The number of hydrogen-bond acceptors (Lipinski definition) is 2. The van der Waals surface area contributed by atoms with Crippen LogP contribution in [0.25, 0.3) is 6.08 Å². The molecule has 3 heteroatoms. The zero-order valence-electron chi connectivity index (χ0n) is 9.69. The lowest BCUT2D eigenvalue weighted by Crippen LogP contribution is -2.10. The lowest BCUT2D eigenvalue weighted by atomic mass is 9.87. The molecule has 0 saturated carbocycles. The lowest BCUT2D eigenvalue weighted by molar-refractivity contribution is -0.135. The summed E-state index contributed by atoms with van der Waals surface area (Å²) < 4.78 is 0. The van der Waals surface area contributed by atoms with Crippen molar-refractivity contribution < 1.29 is 15.0 Å². The van der Waals surface area contributed by atoms with E-state index in [0.29, 0.717) is 5.56 Å². The van der Waals surface area contributed by atoms with Crippen LogP contribution < -0.4 is 0 Å². The van der Waals surface area contributed by atoms with E-state index in [0.717, 1.165) is 0 Å². The Morgan fingerprint density at radius 1 is 1.12 bits per heavy atom. The van der Waals surface area contributed by atoms with Gasteiger partial charge in [0.1, 0.15) is 0 Å². The van der Waals surface area contributed by atoms with E-state index in [2.05, 4.69) is 20.8 Å². The van der Waals surface area contributed by atoms with Gasteiger partial charge in [-0.2, -0.15) is 0 Å². The Labute approximate surface area is 95.0 Å². The second-order valence-corrected chi connectivity index (χ2v) is 4.71. The Morgan fingerprint density at radius 2 is 1.62 bits per heavy atom. The van der Waals surface area contributed by atoms with Crippen LogP contribution >= 0.6 is 0 Å². The van der Waals surface area contributed by atoms with Gasteiger partial charge in [0.05, 0.1) is 0 Å². The van der Waals surface area contributed by atoms with Crippen molar-refractivity contribution in [3.05, 3.63) is 41.2 Å². The van der Waals surface area contributed by atoms with E-state index >= 15 is 0 Å². The normalized spacial score (nSPS) is 12.6. The van der Waals surface area contributed by atoms with Crippen molar-refractivity contribution in [2.75, 3.05) is 0 Å². The Balaban J connectivity index is 2.97. The second-order valence-electron chi connectivity index (χ2n) is 4.71. The van der Waals surface area contributed by atoms with Gasteiger partial charge in [0.15, 0.2) is 0 Å². The quantitative estimate of drug-likeness (QED) is 0.595. The Morgan fingerprint density at radius 3 is 2.00 bits per heavy atom. The van der Waals surface area contributed by atoms with E-state index in [1.165, 1.54) is 11.6 Å². The summed E-state index contributed by atoms with van der Waals surface area (Å²) in [5.41, 5.74) is 1.91. The van der Waals surface area contributed by atoms with E-state index in [1.54, 1.807) is 12.1 Å². The molecule has 0 radical (unpaired) electrons. The molecule has 0 fully saturated rings. The van der Waals surface area contributed by atoms with Crippen molar-refractivity contribution in [2.24, 2.45) is 0 Å². The van der Waals surface area contributed by atoms with Crippen LogP contribution in [-0.4, -0.2) is 16.2 Å². The lowest BCUT2D eigenvalue weighted by Gasteiger charge is -2.18. The number of aliphatic carboxylic acids is 1. The first-order valence-electron chi connectivity index (χ1n) is 5.05. The minimum Gasteiger partial charge on any atom is -0.502 e. The third-order valence-electron chi connectivity index (χ3n) is 2.30. The molecule has 0 heterocycles. The molecule has 0 amide bonds. The molecule has 0 aliphatic heterocycles. The first kappa shape index (κ1) is 12.3. The zero-order chi connectivity index (χ0) is 12.3. The van der Waals surface area contributed by atoms with Crippen molar-refractivity contribution in [3.63, 3.8) is 0 Å². The fourth-order valence-corrected chi connectivity index (χ4v) is 1.30. The number of aliphatic hydroxyl groups is 1. The summed E-state index contributed by atoms with van der Waals surface area (Å²) in [6, 6.07) is 7.45. The molecule has 0 atom stereocenters. The average Bonchev–Trinajstić information content (AvgIpc) is 2.17. The predicted molar refractivity (Wildman–Crippen MR) is 63.4 cm³/mol. The molecule has 3 nitrogen and oxygen atoms in total. The number of carbonyl (C=O) groups is 1. The van der Waals surface area contributed by atoms with Crippen molar-refractivity contribution in [1.29, 1.82) is 0 Å². The number of aliphatic hydroxyl groups excluding tert-OH is 1. The summed E-state index contributed by atoms with van der Waals surface area (Å²) in [5, 5.41) is 17.6. The van der Waals surface area contributed by atoms with Gasteiger partial charge < -0.3 is 10.2 Å².